The van der Waals surface area contributed by atoms with Gasteiger partial charge in [0.15, 0.2) is 0 Å². The van der Waals surface area contributed by atoms with Gasteiger partial charge in [-0.1, -0.05) is 39.8 Å². The molecule has 0 aliphatic carbocycles. The van der Waals surface area contributed by atoms with E-state index in [1.54, 1.807) is 6.07 Å². The van der Waals surface area contributed by atoms with Crippen LogP contribution in [-0.4, -0.2) is 106 Å². The second-order valence-electron chi connectivity index (χ2n) is 19.2. The van der Waals surface area contributed by atoms with Gasteiger partial charge in [0.05, 0.1) is 66.1 Å². The summed E-state index contributed by atoms with van der Waals surface area (Å²) in [5, 5.41) is 5.45. The van der Waals surface area contributed by atoms with Crippen molar-refractivity contribution >= 4 is 57.4 Å². The fourth-order valence-electron chi connectivity index (χ4n) is 10.9. The largest absolute Gasteiger partial charge is 0.453 e. The van der Waals surface area contributed by atoms with Gasteiger partial charge in [0, 0.05) is 31.9 Å². The third-order valence-electron chi connectivity index (χ3n) is 14.4. The van der Waals surface area contributed by atoms with E-state index in [9.17, 15) is 19.2 Å². The number of hydrogen-bond acceptors (Lipinski definition) is 10. The van der Waals surface area contributed by atoms with Gasteiger partial charge < -0.3 is 49.7 Å². The van der Waals surface area contributed by atoms with Crippen molar-refractivity contribution in [3.63, 3.8) is 0 Å². The number of anilines is 2. The molecular formula is C50H63FN10O6. The van der Waals surface area contributed by atoms with Crippen LogP contribution in [-0.2, 0) is 19.1 Å². The van der Waals surface area contributed by atoms with E-state index < -0.39 is 24.3 Å². The fraction of sp³-hybridized carbons (Fsp3) is 0.520. The Balaban J connectivity index is 1.02. The van der Waals surface area contributed by atoms with E-state index in [2.05, 4.69) is 60.7 Å². The molecule has 0 radical (unpaired) electrons. The van der Waals surface area contributed by atoms with Gasteiger partial charge in [-0.2, -0.15) is 0 Å². The normalized spacial score (nSPS) is 21.8. The molecule has 4 amide bonds. The minimum atomic E-state index is -0.732. The molecule has 0 bridgehead atoms. The zero-order chi connectivity index (χ0) is 47.1. The molecule has 5 aromatic rings. The Morgan fingerprint density at radius 2 is 1.10 bits per heavy atom. The van der Waals surface area contributed by atoms with Gasteiger partial charge in [-0.25, -0.2) is 23.9 Å². The van der Waals surface area contributed by atoms with Crippen molar-refractivity contribution in [3.8, 4) is 0 Å². The van der Waals surface area contributed by atoms with Gasteiger partial charge in [0.2, 0.25) is 11.8 Å². The summed E-state index contributed by atoms with van der Waals surface area (Å²) in [5.41, 5.74) is 6.83. The molecule has 0 spiro atoms. The maximum atomic E-state index is 16.3. The lowest BCUT2D eigenvalue weighted by Crippen LogP contribution is -2.51. The second kappa shape index (κ2) is 19.1. The van der Waals surface area contributed by atoms with Crippen LogP contribution in [0.15, 0.2) is 54.6 Å². The van der Waals surface area contributed by atoms with Crippen LogP contribution in [0.2, 0.25) is 0 Å². The lowest BCUT2D eigenvalue weighted by molar-refractivity contribution is -0.136. The summed E-state index contributed by atoms with van der Waals surface area (Å²) in [5.74, 6) is 0.558. The first-order valence-electron chi connectivity index (χ1n) is 23.9. The van der Waals surface area contributed by atoms with Crippen LogP contribution in [0.1, 0.15) is 126 Å². The summed E-state index contributed by atoms with van der Waals surface area (Å²) in [4.78, 5) is 77.4. The number of carbonyl (C=O) groups excluding carboxylic acids is 4. The molecule has 6 atom stereocenters. The molecular weight excluding hydrogens is 856 g/mol. The standard InChI is InChI=1S/C50H63FN10O6/c1-28(2)43(56-49(64)66-5)47(62)59-23-9-11-41(59)45-52-34-16-13-30(25-36(34)54-45)38-19-20-39(61(38)32-15-18-40(33(51)27-32)58-21-7-8-22-58)31-14-17-35-37(26-31)55-46(53-35)42-12-10-24-60(42)48(63)44(29(3)4)57-50(65)67-6/h13-18,25-29,38-39,41-44H,7-12,19-24H2,1-6H3,(H,52,54)(H,53,55)(H,56,64)(H,57,65)/t38-,39-,41+,42+,43+,44+/m1/s1. The number of fused-ring (bicyclic) bond motifs is 2. The number of alkyl carbamates (subject to hydrolysis) is 2. The first-order valence-corrected chi connectivity index (χ1v) is 23.9. The third kappa shape index (κ3) is 8.96. The monoisotopic (exact) mass is 918 g/mol. The van der Waals surface area contributed by atoms with Gasteiger partial charge in [0.1, 0.15) is 29.5 Å². The Kier molecular flexibility index (Phi) is 13.0. The zero-order valence-corrected chi connectivity index (χ0v) is 39.3. The number of aromatic amines is 2. The molecule has 67 heavy (non-hydrogen) atoms. The van der Waals surface area contributed by atoms with E-state index in [-0.39, 0.29) is 53.6 Å². The molecule has 0 unspecified atom stereocenters. The zero-order valence-electron chi connectivity index (χ0n) is 39.3. The summed E-state index contributed by atoms with van der Waals surface area (Å²) in [6.45, 7) is 10.4. The van der Waals surface area contributed by atoms with Crippen molar-refractivity contribution in [2.24, 2.45) is 11.8 Å². The SMILES string of the molecule is COC(=O)N[C@H](C(=O)N1CCC[C@H]1c1nc2ccc([C@H]3CC[C@H](c4ccc5nc([C@@H]6CCCN6C(=O)[C@@H](NC(=O)OC)C(C)C)[nH]c5c4)N3c3ccc(N4CCCC4)c(F)c3)cc2[nH]1)C(C)C. The predicted octanol–water partition coefficient (Wildman–Crippen LogP) is 8.35. The number of benzene rings is 3. The molecule has 4 aliphatic rings. The van der Waals surface area contributed by atoms with Gasteiger partial charge in [-0.05, 0) is 117 Å². The molecule has 4 fully saturated rings. The number of H-pyrrole nitrogens is 2. The second-order valence-corrected chi connectivity index (χ2v) is 19.2. The summed E-state index contributed by atoms with van der Waals surface area (Å²) >= 11 is 0. The van der Waals surface area contributed by atoms with Crippen molar-refractivity contribution in [1.29, 1.82) is 0 Å². The number of imidazole rings is 2. The summed E-state index contributed by atoms with van der Waals surface area (Å²) < 4.78 is 25.9. The Bertz CT molecular complexity index is 2500. The number of nitrogens with one attached hydrogen (secondary N) is 4. The van der Waals surface area contributed by atoms with Crippen LogP contribution >= 0.6 is 0 Å². The molecule has 0 saturated carbocycles. The van der Waals surface area contributed by atoms with E-state index in [1.165, 1.54) is 14.2 Å². The summed E-state index contributed by atoms with van der Waals surface area (Å²) in [7, 11) is 2.58. The quantitative estimate of drug-likeness (QED) is 0.0950. The van der Waals surface area contributed by atoms with Crippen molar-refractivity contribution < 1.29 is 33.0 Å². The number of likely N-dealkylation sites (tertiary alicyclic amines) is 2. The Hall–Kier alpha value is -6.39. The molecule has 16 nitrogen and oxygen atoms in total. The molecule has 4 N–H and O–H groups in total. The number of ether oxygens (including phenoxy) is 2. The Morgan fingerprint density at radius 3 is 1.54 bits per heavy atom. The van der Waals surface area contributed by atoms with Gasteiger partial charge >= 0.3 is 12.2 Å². The van der Waals surface area contributed by atoms with Crippen LogP contribution in [0.3, 0.4) is 0 Å². The number of nitrogens with zero attached hydrogens (tertiary/aromatic N) is 6. The molecule has 9 rings (SSSR count). The van der Waals surface area contributed by atoms with Crippen LogP contribution in [0.4, 0.5) is 25.4 Å². The minimum absolute atomic E-state index is 0.0995. The number of halogens is 1. The highest BCUT2D eigenvalue weighted by Crippen LogP contribution is 2.48. The minimum Gasteiger partial charge on any atom is -0.453 e. The fourth-order valence-corrected chi connectivity index (χ4v) is 10.9. The van der Waals surface area contributed by atoms with E-state index in [0.29, 0.717) is 30.4 Å². The molecule has 17 heteroatoms. The van der Waals surface area contributed by atoms with Crippen molar-refractivity contribution in [2.45, 2.75) is 115 Å². The molecule has 2 aromatic heterocycles. The highest BCUT2D eigenvalue weighted by atomic mass is 19.1. The average molecular weight is 919 g/mol. The van der Waals surface area contributed by atoms with Crippen molar-refractivity contribution in [3.05, 3.63) is 83.2 Å². The number of aromatic nitrogens is 4. The highest BCUT2D eigenvalue weighted by molar-refractivity contribution is 5.88. The van der Waals surface area contributed by atoms with E-state index in [0.717, 1.165) is 103 Å². The molecule has 356 valence electrons. The Labute approximate surface area is 390 Å². The topological polar surface area (TPSA) is 181 Å². The summed E-state index contributed by atoms with van der Waals surface area (Å²) in [6, 6.07) is 16.0. The molecule has 4 aliphatic heterocycles. The van der Waals surface area contributed by atoms with E-state index >= 15 is 4.39 Å². The van der Waals surface area contributed by atoms with Crippen molar-refractivity contribution in [2.75, 3.05) is 50.2 Å². The molecule has 3 aromatic carbocycles. The van der Waals surface area contributed by atoms with Crippen LogP contribution in [0, 0.1) is 17.7 Å². The predicted molar refractivity (Wildman–Crippen MR) is 253 cm³/mol. The van der Waals surface area contributed by atoms with Crippen LogP contribution in [0.5, 0.6) is 0 Å². The van der Waals surface area contributed by atoms with E-state index in [1.807, 2.05) is 55.7 Å². The highest BCUT2D eigenvalue weighted by Gasteiger charge is 2.41. The smallest absolute Gasteiger partial charge is 0.407 e. The number of hydrogen-bond donors (Lipinski definition) is 4. The number of rotatable bonds is 12. The van der Waals surface area contributed by atoms with Gasteiger partial charge in [-0.15, -0.1) is 0 Å². The number of methoxy groups -OCH3 is 2. The first kappa shape index (κ1) is 45.8. The van der Waals surface area contributed by atoms with Gasteiger partial charge in [-0.3, -0.25) is 9.59 Å². The molecule has 4 saturated heterocycles. The lowest BCUT2D eigenvalue weighted by atomic mass is 10.0. The number of amides is 4. The Morgan fingerprint density at radius 1 is 0.627 bits per heavy atom. The third-order valence-corrected chi connectivity index (χ3v) is 14.4. The maximum Gasteiger partial charge on any atom is 0.407 e. The lowest BCUT2D eigenvalue weighted by Gasteiger charge is -2.34. The summed E-state index contributed by atoms with van der Waals surface area (Å²) in [6.07, 6.45) is 5.54. The van der Waals surface area contributed by atoms with Gasteiger partial charge in [0.25, 0.3) is 0 Å². The average Bonchev–Trinajstić information content (AvgIpc) is 4.18. The first-order chi connectivity index (χ1) is 32.3. The molecule has 6 heterocycles. The van der Waals surface area contributed by atoms with Crippen LogP contribution < -0.4 is 20.4 Å². The maximum absolute atomic E-state index is 16.3. The van der Waals surface area contributed by atoms with Crippen LogP contribution in [0.25, 0.3) is 22.1 Å². The van der Waals surface area contributed by atoms with Crippen molar-refractivity contribution in [1.82, 2.24) is 40.4 Å². The van der Waals surface area contributed by atoms with E-state index in [4.69, 9.17) is 19.4 Å². The number of carbonyl (C=O) groups is 4.